The van der Waals surface area contributed by atoms with E-state index in [4.69, 9.17) is 20.4 Å². The third kappa shape index (κ3) is 1.73. The van der Waals surface area contributed by atoms with Crippen LogP contribution < -0.4 is 0 Å². The van der Waals surface area contributed by atoms with E-state index in [1.54, 1.807) is 0 Å². The van der Waals surface area contributed by atoms with Crippen molar-refractivity contribution in [2.75, 3.05) is 6.61 Å². The Kier molecular flexibility index (Phi) is 3.33. The highest BCUT2D eigenvalue weighted by Crippen LogP contribution is 2.30. The van der Waals surface area contributed by atoms with Gasteiger partial charge in [0.1, 0.15) is 17.6 Å². The average Bonchev–Trinajstić information content (AvgIpc) is 2.08. The summed E-state index contributed by atoms with van der Waals surface area (Å²) < 4.78 is 0. The van der Waals surface area contributed by atoms with Crippen LogP contribution in [0.4, 0.5) is 0 Å². The summed E-state index contributed by atoms with van der Waals surface area (Å²) in [6.07, 6.45) is -3.94. The van der Waals surface area contributed by atoms with Crippen molar-refractivity contribution in [1.82, 2.24) is 0 Å². The van der Waals surface area contributed by atoms with Crippen LogP contribution in [0.1, 0.15) is 0 Å². The Morgan fingerprint density at radius 1 is 0.917 bits per heavy atom. The number of rotatable bonds is 1. The van der Waals surface area contributed by atoms with Gasteiger partial charge in [0.25, 0.3) is 0 Å². The van der Waals surface area contributed by atoms with Crippen molar-refractivity contribution < 1.29 is 25.5 Å². The number of thioether (sulfide) groups is 1. The van der Waals surface area contributed by atoms with Crippen molar-refractivity contribution in [2.45, 2.75) is 29.0 Å². The molecule has 0 bridgehead atoms. The van der Waals surface area contributed by atoms with Gasteiger partial charge in [-0.3, -0.25) is 0 Å². The lowest BCUT2D eigenvalue weighted by atomic mass is 10.0. The van der Waals surface area contributed by atoms with Gasteiger partial charge in [-0.2, -0.15) is 0 Å². The smallest absolute Gasteiger partial charge is 0.128 e. The van der Waals surface area contributed by atoms with Gasteiger partial charge in [0, 0.05) is 0 Å². The summed E-state index contributed by atoms with van der Waals surface area (Å²) in [6.45, 7) is -0.341. The van der Waals surface area contributed by atoms with Crippen LogP contribution in [-0.2, 0) is 0 Å². The zero-order valence-corrected chi connectivity index (χ0v) is 7.05. The van der Waals surface area contributed by atoms with Crippen LogP contribution in [0, 0.1) is 0 Å². The maximum Gasteiger partial charge on any atom is 0.128 e. The molecule has 0 aromatic heterocycles. The van der Waals surface area contributed by atoms with E-state index < -0.39 is 29.0 Å². The Balaban J connectivity index is 2.63. The molecule has 0 amide bonds. The van der Waals surface area contributed by atoms with E-state index in [0.29, 0.717) is 0 Å². The van der Waals surface area contributed by atoms with E-state index in [-0.39, 0.29) is 6.61 Å². The summed E-state index contributed by atoms with van der Waals surface area (Å²) in [5.74, 6) is 0. The fourth-order valence-corrected chi connectivity index (χ4v) is 2.17. The molecule has 0 aromatic carbocycles. The number of aliphatic hydroxyl groups is 5. The first-order valence-electron chi connectivity index (χ1n) is 3.56. The largest absolute Gasteiger partial charge is 0.395 e. The average molecular weight is 196 g/mol. The van der Waals surface area contributed by atoms with E-state index in [1.165, 1.54) is 0 Å². The van der Waals surface area contributed by atoms with Gasteiger partial charge in [0.15, 0.2) is 0 Å². The molecule has 6 heteroatoms. The Bertz CT molecular complexity index is 150. The van der Waals surface area contributed by atoms with Gasteiger partial charge < -0.3 is 25.5 Å². The second kappa shape index (κ2) is 3.91. The molecule has 72 valence electrons. The zero-order chi connectivity index (χ0) is 9.30. The molecule has 12 heavy (non-hydrogen) atoms. The number of hydrogen-bond donors (Lipinski definition) is 5. The van der Waals surface area contributed by atoms with E-state index in [1.807, 2.05) is 0 Å². The Morgan fingerprint density at radius 3 is 2.00 bits per heavy atom. The second-order valence-electron chi connectivity index (χ2n) is 2.72. The summed E-state index contributed by atoms with van der Waals surface area (Å²) in [4.78, 5) is 0. The number of aliphatic hydroxyl groups excluding tert-OH is 5. The molecule has 5 nitrogen and oxygen atoms in total. The fourth-order valence-electron chi connectivity index (χ4n) is 1.08. The van der Waals surface area contributed by atoms with Crippen LogP contribution in [0.5, 0.6) is 0 Å². The maximum atomic E-state index is 9.22. The van der Waals surface area contributed by atoms with Gasteiger partial charge in [0.2, 0.25) is 0 Å². The van der Waals surface area contributed by atoms with E-state index in [9.17, 15) is 5.11 Å². The minimum atomic E-state index is -1.39. The van der Waals surface area contributed by atoms with E-state index >= 15 is 0 Å². The van der Waals surface area contributed by atoms with Crippen molar-refractivity contribution >= 4 is 11.8 Å². The zero-order valence-electron chi connectivity index (χ0n) is 6.24. The monoisotopic (exact) mass is 196 g/mol. The lowest BCUT2D eigenvalue weighted by Crippen LogP contribution is -2.53. The van der Waals surface area contributed by atoms with Crippen molar-refractivity contribution in [3.05, 3.63) is 0 Å². The first kappa shape index (κ1) is 10.2. The van der Waals surface area contributed by atoms with Crippen molar-refractivity contribution in [1.29, 1.82) is 0 Å². The summed E-state index contributed by atoms with van der Waals surface area (Å²) in [5.41, 5.74) is -1.15. The molecule has 0 spiro atoms. The van der Waals surface area contributed by atoms with Crippen LogP contribution >= 0.6 is 11.8 Å². The highest BCUT2D eigenvalue weighted by Gasteiger charge is 2.42. The van der Waals surface area contributed by atoms with Gasteiger partial charge in [-0.25, -0.2) is 0 Å². The third-order valence-electron chi connectivity index (χ3n) is 1.87. The molecule has 1 saturated heterocycles. The maximum absolute atomic E-state index is 9.22. The van der Waals surface area contributed by atoms with Crippen LogP contribution in [0.25, 0.3) is 0 Å². The molecule has 5 N–H and O–H groups in total. The van der Waals surface area contributed by atoms with Gasteiger partial charge in [0.05, 0.1) is 18.0 Å². The minimum absolute atomic E-state index is 0.341. The summed E-state index contributed by atoms with van der Waals surface area (Å²) in [6, 6.07) is 0. The summed E-state index contributed by atoms with van der Waals surface area (Å²) in [7, 11) is 0. The first-order valence-corrected chi connectivity index (χ1v) is 4.50. The molecule has 5 atom stereocenters. The predicted molar refractivity (Wildman–Crippen MR) is 42.5 cm³/mol. The SMILES string of the molecule is OC[C@@H]1S[C@@H](O)[C@H](O)[C@@H](O)[C@@H]1O. The topological polar surface area (TPSA) is 101 Å². The Morgan fingerprint density at radius 2 is 1.50 bits per heavy atom. The second-order valence-corrected chi connectivity index (χ2v) is 4.08. The summed E-state index contributed by atoms with van der Waals surface area (Å²) >= 11 is 0.852. The van der Waals surface area contributed by atoms with Gasteiger partial charge >= 0.3 is 0 Å². The predicted octanol–water partition coefficient (Wildman–Crippen LogP) is -2.50. The molecule has 1 fully saturated rings. The first-order chi connectivity index (χ1) is 5.57. The van der Waals surface area contributed by atoms with Crippen LogP contribution in [0.15, 0.2) is 0 Å². The Hall–Kier alpha value is 0.150. The molecule has 0 unspecified atom stereocenters. The van der Waals surface area contributed by atoms with Crippen LogP contribution in [0.3, 0.4) is 0 Å². The van der Waals surface area contributed by atoms with E-state index in [2.05, 4.69) is 0 Å². The highest BCUT2D eigenvalue weighted by atomic mass is 32.2. The fraction of sp³-hybridized carbons (Fsp3) is 1.00. The molecule has 0 radical (unpaired) electrons. The van der Waals surface area contributed by atoms with Crippen molar-refractivity contribution in [3.8, 4) is 0 Å². The quantitative estimate of drug-likeness (QED) is 0.318. The molecule has 0 aliphatic carbocycles. The molecule has 1 heterocycles. The van der Waals surface area contributed by atoms with Gasteiger partial charge in [-0.15, -0.1) is 11.8 Å². The molecule has 0 aromatic rings. The van der Waals surface area contributed by atoms with Crippen molar-refractivity contribution in [2.24, 2.45) is 0 Å². The lowest BCUT2D eigenvalue weighted by Gasteiger charge is -2.36. The van der Waals surface area contributed by atoms with Gasteiger partial charge in [-0.05, 0) is 0 Å². The molecule has 0 saturated carbocycles. The lowest BCUT2D eigenvalue weighted by molar-refractivity contribution is -0.0953. The molecular weight excluding hydrogens is 184 g/mol. The standard InChI is InChI=1S/C6H12O5S/c7-1-2-3(8)4(9)5(10)6(11)12-2/h2-11H,1H2/t2-,3+,4-,5+,6+/m0/s1. The number of hydrogen-bond acceptors (Lipinski definition) is 6. The third-order valence-corrected chi connectivity index (χ3v) is 3.20. The van der Waals surface area contributed by atoms with E-state index in [0.717, 1.165) is 11.8 Å². The minimum Gasteiger partial charge on any atom is -0.395 e. The molecule has 1 aliphatic rings. The molecule has 1 aliphatic heterocycles. The van der Waals surface area contributed by atoms with Crippen LogP contribution in [0.2, 0.25) is 0 Å². The van der Waals surface area contributed by atoms with Crippen molar-refractivity contribution in [3.63, 3.8) is 0 Å². The van der Waals surface area contributed by atoms with Gasteiger partial charge in [-0.1, -0.05) is 0 Å². The Labute approximate surface area is 73.7 Å². The highest BCUT2D eigenvalue weighted by molar-refractivity contribution is 8.00. The molecule has 1 rings (SSSR count). The summed E-state index contributed by atoms with van der Waals surface area (Å²) in [5, 5.41) is 44.6. The van der Waals surface area contributed by atoms with Crippen LogP contribution in [-0.4, -0.2) is 61.1 Å². The normalized spacial score (nSPS) is 49.2. The molecular formula is C6H12O5S.